The minimum absolute atomic E-state index is 0.0749. The number of amides is 1. The highest BCUT2D eigenvalue weighted by atomic mass is 35.5. The van der Waals surface area contributed by atoms with Crippen LogP contribution in [0.5, 0.6) is 11.5 Å². The fourth-order valence-electron chi connectivity index (χ4n) is 3.07. The molecule has 0 aliphatic rings. The summed E-state index contributed by atoms with van der Waals surface area (Å²) in [5.41, 5.74) is 1.03. The zero-order chi connectivity index (χ0) is 22.5. The van der Waals surface area contributed by atoms with Gasteiger partial charge in [0.05, 0.1) is 19.2 Å². The summed E-state index contributed by atoms with van der Waals surface area (Å²) in [6, 6.07) is 9.64. The lowest BCUT2D eigenvalue weighted by molar-refractivity contribution is 0.0784. The number of methoxy groups -OCH3 is 2. The molecule has 0 aliphatic heterocycles. The van der Waals surface area contributed by atoms with Crippen LogP contribution in [0.15, 0.2) is 41.3 Å². The van der Waals surface area contributed by atoms with E-state index in [1.807, 2.05) is 6.07 Å². The van der Waals surface area contributed by atoms with Crippen molar-refractivity contribution in [3.63, 3.8) is 0 Å². The Morgan fingerprint density at radius 2 is 1.70 bits per heavy atom. The second-order valence-corrected chi connectivity index (χ2v) is 8.89. The van der Waals surface area contributed by atoms with Crippen LogP contribution >= 0.6 is 11.6 Å². The number of carbonyl (C=O) groups is 1. The molecule has 164 valence electrons. The SMILES string of the molecule is CCN(CC)S(=O)(=O)c1cc(C(=O)N(C)Cc2ccc(OC)cc2OC)ccc1Cl. The summed E-state index contributed by atoms with van der Waals surface area (Å²) in [5, 5.41) is 0.0814. The normalized spacial score (nSPS) is 11.4. The number of hydrogen-bond donors (Lipinski definition) is 0. The van der Waals surface area contributed by atoms with Gasteiger partial charge in [0.1, 0.15) is 16.4 Å². The molecule has 0 unspecified atom stereocenters. The van der Waals surface area contributed by atoms with Gasteiger partial charge >= 0.3 is 0 Å². The molecule has 2 aromatic carbocycles. The van der Waals surface area contributed by atoms with E-state index < -0.39 is 10.0 Å². The maximum Gasteiger partial charge on any atom is 0.253 e. The van der Waals surface area contributed by atoms with Gasteiger partial charge < -0.3 is 14.4 Å². The number of rotatable bonds is 9. The molecule has 1 amide bonds. The fraction of sp³-hybridized carbons (Fsp3) is 0.381. The second-order valence-electron chi connectivity index (χ2n) is 6.57. The van der Waals surface area contributed by atoms with E-state index in [0.717, 1.165) is 5.56 Å². The first-order valence-corrected chi connectivity index (χ1v) is 11.3. The molecule has 0 radical (unpaired) electrons. The van der Waals surface area contributed by atoms with Gasteiger partial charge in [-0.2, -0.15) is 4.31 Å². The third kappa shape index (κ3) is 5.06. The second kappa shape index (κ2) is 10.1. The van der Waals surface area contributed by atoms with E-state index in [2.05, 4.69) is 0 Å². The van der Waals surface area contributed by atoms with Gasteiger partial charge in [0.25, 0.3) is 5.91 Å². The lowest BCUT2D eigenvalue weighted by Gasteiger charge is -2.21. The Bertz CT molecular complexity index is 1010. The highest BCUT2D eigenvalue weighted by molar-refractivity contribution is 7.89. The Kier molecular flexibility index (Phi) is 8.11. The molecule has 0 saturated heterocycles. The van der Waals surface area contributed by atoms with E-state index in [-0.39, 0.29) is 27.9 Å². The largest absolute Gasteiger partial charge is 0.497 e. The van der Waals surface area contributed by atoms with E-state index >= 15 is 0 Å². The van der Waals surface area contributed by atoms with Crippen LogP contribution in [-0.2, 0) is 16.6 Å². The van der Waals surface area contributed by atoms with Crippen molar-refractivity contribution in [2.45, 2.75) is 25.3 Å². The predicted molar refractivity (Wildman–Crippen MR) is 117 cm³/mol. The van der Waals surface area contributed by atoms with Crippen LogP contribution in [0.25, 0.3) is 0 Å². The van der Waals surface area contributed by atoms with Gasteiger partial charge in [0.2, 0.25) is 10.0 Å². The first-order valence-electron chi connectivity index (χ1n) is 9.45. The third-order valence-electron chi connectivity index (χ3n) is 4.75. The van der Waals surface area contributed by atoms with Crippen molar-refractivity contribution in [2.24, 2.45) is 0 Å². The number of halogens is 1. The molecule has 30 heavy (non-hydrogen) atoms. The van der Waals surface area contributed by atoms with Crippen LogP contribution in [0.4, 0.5) is 0 Å². The smallest absolute Gasteiger partial charge is 0.253 e. The molecular formula is C21H27ClN2O5S. The van der Waals surface area contributed by atoms with Crippen LogP contribution in [0, 0.1) is 0 Å². The van der Waals surface area contributed by atoms with Crippen LogP contribution in [-0.4, -0.2) is 57.9 Å². The Morgan fingerprint density at radius 3 is 2.27 bits per heavy atom. The molecular weight excluding hydrogens is 428 g/mol. The highest BCUT2D eigenvalue weighted by Crippen LogP contribution is 2.28. The molecule has 7 nitrogen and oxygen atoms in total. The first kappa shape index (κ1) is 24.0. The van der Waals surface area contributed by atoms with Crippen molar-refractivity contribution in [1.29, 1.82) is 0 Å². The van der Waals surface area contributed by atoms with E-state index in [0.29, 0.717) is 24.6 Å². The van der Waals surface area contributed by atoms with Crippen molar-refractivity contribution in [1.82, 2.24) is 9.21 Å². The average Bonchev–Trinajstić information content (AvgIpc) is 2.74. The number of benzene rings is 2. The summed E-state index contributed by atoms with van der Waals surface area (Å²) in [5.74, 6) is 0.906. The predicted octanol–water partition coefficient (Wildman–Crippen LogP) is 3.66. The molecule has 0 saturated carbocycles. The number of carbonyl (C=O) groups excluding carboxylic acids is 1. The quantitative estimate of drug-likeness (QED) is 0.578. The number of ether oxygens (including phenoxy) is 2. The standard InChI is InChI=1S/C21H27ClN2O5S/c1-6-24(7-2)30(26,27)20-12-15(9-11-18(20)22)21(25)23(3)14-16-8-10-17(28-4)13-19(16)29-5/h8-13H,6-7,14H2,1-5H3. The van der Waals surface area contributed by atoms with Crippen LogP contribution in [0.1, 0.15) is 29.8 Å². The van der Waals surface area contributed by atoms with Gasteiger partial charge in [0.15, 0.2) is 0 Å². The Labute approximate surface area is 183 Å². The molecule has 2 rings (SSSR count). The lowest BCUT2D eigenvalue weighted by Crippen LogP contribution is -2.31. The maximum atomic E-state index is 13.0. The molecule has 0 bridgehead atoms. The van der Waals surface area contributed by atoms with Gasteiger partial charge in [-0.25, -0.2) is 8.42 Å². The zero-order valence-corrected chi connectivity index (χ0v) is 19.4. The summed E-state index contributed by atoms with van der Waals surface area (Å²) in [4.78, 5) is 14.4. The van der Waals surface area contributed by atoms with Crippen LogP contribution < -0.4 is 9.47 Å². The van der Waals surface area contributed by atoms with Crippen molar-refractivity contribution in [3.05, 3.63) is 52.5 Å². The summed E-state index contributed by atoms with van der Waals surface area (Å²) in [6.07, 6.45) is 0. The number of sulfonamides is 1. The molecule has 9 heteroatoms. The summed E-state index contributed by atoms with van der Waals surface area (Å²) in [6.45, 7) is 4.39. The van der Waals surface area contributed by atoms with E-state index in [4.69, 9.17) is 21.1 Å². The minimum atomic E-state index is -3.79. The topological polar surface area (TPSA) is 76.2 Å². The average molecular weight is 455 g/mol. The van der Waals surface area contributed by atoms with Crippen molar-refractivity contribution >= 4 is 27.5 Å². The Balaban J connectivity index is 2.33. The summed E-state index contributed by atoms with van der Waals surface area (Å²) >= 11 is 6.16. The molecule has 0 aliphatic carbocycles. The third-order valence-corrected chi connectivity index (χ3v) is 7.28. The fourth-order valence-corrected chi connectivity index (χ4v) is 5.03. The summed E-state index contributed by atoms with van der Waals surface area (Å²) in [7, 11) is 0.953. The van der Waals surface area contributed by atoms with Crippen molar-refractivity contribution < 1.29 is 22.7 Å². The van der Waals surface area contributed by atoms with Crippen molar-refractivity contribution in [2.75, 3.05) is 34.4 Å². The van der Waals surface area contributed by atoms with Gasteiger partial charge in [-0.1, -0.05) is 25.4 Å². The lowest BCUT2D eigenvalue weighted by atomic mass is 10.1. The first-order chi connectivity index (χ1) is 14.2. The number of hydrogen-bond acceptors (Lipinski definition) is 5. The van der Waals surface area contributed by atoms with Gasteiger partial charge in [-0.05, 0) is 30.3 Å². The van der Waals surface area contributed by atoms with Crippen molar-refractivity contribution in [3.8, 4) is 11.5 Å². The molecule has 0 spiro atoms. The van der Waals surface area contributed by atoms with E-state index in [1.165, 1.54) is 27.4 Å². The van der Waals surface area contributed by atoms with Gasteiger partial charge in [-0.3, -0.25) is 4.79 Å². The van der Waals surface area contributed by atoms with Crippen LogP contribution in [0.2, 0.25) is 5.02 Å². The maximum absolute atomic E-state index is 13.0. The molecule has 0 aromatic heterocycles. The Morgan fingerprint density at radius 1 is 1.03 bits per heavy atom. The van der Waals surface area contributed by atoms with Gasteiger partial charge in [0, 0.05) is 43.9 Å². The summed E-state index contributed by atoms with van der Waals surface area (Å²) < 4.78 is 37.6. The molecule has 0 atom stereocenters. The monoisotopic (exact) mass is 454 g/mol. The minimum Gasteiger partial charge on any atom is -0.497 e. The molecule has 0 fully saturated rings. The number of nitrogens with zero attached hydrogens (tertiary/aromatic N) is 2. The highest BCUT2D eigenvalue weighted by Gasteiger charge is 2.26. The van der Waals surface area contributed by atoms with Gasteiger partial charge in [-0.15, -0.1) is 0 Å². The Hall–Kier alpha value is -2.29. The molecule has 0 N–H and O–H groups in total. The molecule has 2 aromatic rings. The van der Waals surface area contributed by atoms with E-state index in [9.17, 15) is 13.2 Å². The molecule has 0 heterocycles. The zero-order valence-electron chi connectivity index (χ0n) is 17.8. The van der Waals surface area contributed by atoms with Crippen LogP contribution in [0.3, 0.4) is 0 Å². The van der Waals surface area contributed by atoms with E-state index in [1.54, 1.807) is 47.2 Å².